The number of ether oxygens (including phenoxy) is 1. The summed E-state index contributed by atoms with van der Waals surface area (Å²) < 4.78 is 43.3. The topological polar surface area (TPSA) is 103 Å². The highest BCUT2D eigenvalue weighted by atomic mass is 19.4. The predicted octanol–water partition coefficient (Wildman–Crippen LogP) is 3.77. The molecule has 12 heteroatoms. The van der Waals surface area contributed by atoms with Crippen LogP contribution in [0.4, 0.5) is 18.9 Å². The molecule has 1 aromatic heterocycles. The lowest BCUT2D eigenvalue weighted by molar-refractivity contribution is -0.385. The van der Waals surface area contributed by atoms with Crippen molar-refractivity contribution in [2.24, 2.45) is 0 Å². The highest BCUT2D eigenvalue weighted by Crippen LogP contribution is 2.25. The molecule has 0 atom stereocenters. The number of aryl methyl sites for hydroxylation is 1. The number of benzene rings is 2. The molecule has 0 radical (unpaired) electrons. The molecule has 9 nitrogen and oxygen atoms in total. The molecule has 0 saturated carbocycles. The van der Waals surface area contributed by atoms with Crippen molar-refractivity contribution in [2.75, 3.05) is 19.6 Å². The van der Waals surface area contributed by atoms with Gasteiger partial charge in [-0.05, 0) is 50.6 Å². The Balaban J connectivity index is 1.33. The minimum Gasteiger partial charge on any atom is -0.406 e. The van der Waals surface area contributed by atoms with E-state index in [1.807, 2.05) is 6.07 Å². The molecule has 0 bridgehead atoms. The van der Waals surface area contributed by atoms with Gasteiger partial charge in [-0.3, -0.25) is 14.9 Å². The number of nitrogens with zero attached hydrogens (tertiary/aromatic N) is 4. The Morgan fingerprint density at radius 3 is 2.61 bits per heavy atom. The summed E-state index contributed by atoms with van der Waals surface area (Å²) in [6.45, 7) is 4.67. The average Bonchev–Trinajstić information content (AvgIpc) is 2.82. The summed E-state index contributed by atoms with van der Waals surface area (Å²) in [5, 5.41) is 14.6. The number of halogens is 3. The third-order valence-corrected chi connectivity index (χ3v) is 6.34. The molecular formula is C24H26F3N5O4. The summed E-state index contributed by atoms with van der Waals surface area (Å²) in [6.07, 6.45) is -1.93. The second-order valence-electron chi connectivity index (χ2n) is 8.82. The molecule has 0 spiro atoms. The Morgan fingerprint density at radius 2 is 1.92 bits per heavy atom. The lowest BCUT2D eigenvalue weighted by Crippen LogP contribution is -2.43. The molecule has 2 aromatic carbocycles. The van der Waals surface area contributed by atoms with Gasteiger partial charge in [-0.15, -0.1) is 13.2 Å². The fraction of sp³-hybridized carbons (Fsp3) is 0.417. The van der Waals surface area contributed by atoms with E-state index in [0.29, 0.717) is 30.7 Å². The number of fused-ring (bicyclic) bond motifs is 1. The van der Waals surface area contributed by atoms with Crippen LogP contribution in [0.15, 0.2) is 47.4 Å². The van der Waals surface area contributed by atoms with Crippen LogP contribution < -0.4 is 15.6 Å². The number of aromatic nitrogens is 2. The maximum Gasteiger partial charge on any atom is 0.573 e. The fourth-order valence-corrected chi connectivity index (χ4v) is 4.40. The normalized spacial score (nSPS) is 15.3. The van der Waals surface area contributed by atoms with Crippen LogP contribution >= 0.6 is 0 Å². The summed E-state index contributed by atoms with van der Waals surface area (Å²) >= 11 is 0. The third-order valence-electron chi connectivity index (χ3n) is 6.34. The molecule has 1 N–H and O–H groups in total. The highest BCUT2D eigenvalue weighted by Gasteiger charge is 2.31. The van der Waals surface area contributed by atoms with E-state index < -0.39 is 17.7 Å². The van der Waals surface area contributed by atoms with E-state index in [9.17, 15) is 28.1 Å². The summed E-state index contributed by atoms with van der Waals surface area (Å²) in [5.74, 6) is -0.401. The van der Waals surface area contributed by atoms with E-state index in [2.05, 4.69) is 19.9 Å². The van der Waals surface area contributed by atoms with Gasteiger partial charge in [0.1, 0.15) is 5.75 Å². The van der Waals surface area contributed by atoms with E-state index in [-0.39, 0.29) is 22.2 Å². The van der Waals surface area contributed by atoms with Gasteiger partial charge in [-0.25, -0.2) is 4.98 Å². The molecule has 0 aliphatic carbocycles. The molecule has 4 rings (SSSR count). The zero-order valence-corrected chi connectivity index (χ0v) is 19.6. The average molecular weight is 505 g/mol. The Bertz CT molecular complexity index is 1300. The van der Waals surface area contributed by atoms with Gasteiger partial charge in [0, 0.05) is 43.4 Å². The van der Waals surface area contributed by atoms with Crippen LogP contribution in [0.25, 0.3) is 11.0 Å². The van der Waals surface area contributed by atoms with Gasteiger partial charge < -0.3 is 19.5 Å². The molecule has 1 aliphatic rings. The maximum atomic E-state index is 12.6. The molecule has 1 saturated heterocycles. The zero-order chi connectivity index (χ0) is 25.9. The monoisotopic (exact) mass is 505 g/mol. The first kappa shape index (κ1) is 25.6. The zero-order valence-electron chi connectivity index (χ0n) is 19.6. The number of alkyl halides is 3. The van der Waals surface area contributed by atoms with Crippen LogP contribution in [0.3, 0.4) is 0 Å². The van der Waals surface area contributed by atoms with Crippen molar-refractivity contribution >= 4 is 16.7 Å². The Hall–Kier alpha value is -3.51. The van der Waals surface area contributed by atoms with Gasteiger partial charge >= 0.3 is 6.36 Å². The molecule has 3 aromatic rings. The second kappa shape index (κ2) is 10.6. The third kappa shape index (κ3) is 6.38. The molecule has 192 valence electrons. The molecule has 1 aliphatic heterocycles. The number of rotatable bonds is 8. The molecular weight excluding hydrogens is 479 g/mol. The minimum absolute atomic E-state index is 0.111. The maximum absolute atomic E-state index is 12.6. The summed E-state index contributed by atoms with van der Waals surface area (Å²) in [7, 11) is 0. The minimum atomic E-state index is -4.83. The number of nitro groups is 1. The summed E-state index contributed by atoms with van der Waals surface area (Å²) in [5.41, 5.74) is 1.89. The van der Waals surface area contributed by atoms with Crippen molar-refractivity contribution in [2.45, 2.75) is 45.3 Å². The summed E-state index contributed by atoms with van der Waals surface area (Å²) in [6, 6.07) is 9.24. The molecule has 0 unspecified atom stereocenters. The number of hydrogen-bond acceptors (Lipinski definition) is 7. The standard InChI is InChI=1S/C24H26F3N5O4/c1-16-2-3-17(12-21(16)32(34)35)14-28-18-6-8-30(9-7-18)10-11-31-22-13-19(36-24(25,26)27)4-5-20(22)29-15-23(31)33/h2-5,12-13,15,18,28H,6-11,14H2,1H3. The number of likely N-dealkylation sites (tertiary alicyclic amines) is 1. The predicted molar refractivity (Wildman–Crippen MR) is 127 cm³/mol. The van der Waals surface area contributed by atoms with E-state index >= 15 is 0 Å². The number of nitrogens with one attached hydrogen (secondary N) is 1. The Kier molecular flexibility index (Phi) is 7.55. The highest BCUT2D eigenvalue weighted by molar-refractivity contribution is 5.76. The van der Waals surface area contributed by atoms with Crippen LogP contribution in [-0.2, 0) is 13.1 Å². The van der Waals surface area contributed by atoms with Crippen LogP contribution in [-0.4, -0.2) is 51.4 Å². The van der Waals surface area contributed by atoms with Gasteiger partial charge in [0.2, 0.25) is 0 Å². The van der Waals surface area contributed by atoms with Crippen LogP contribution in [0, 0.1) is 17.0 Å². The SMILES string of the molecule is Cc1ccc(CNC2CCN(CCn3c(=O)cnc4ccc(OC(F)(F)F)cc43)CC2)cc1[N+](=O)[O-]. The van der Waals surface area contributed by atoms with Gasteiger partial charge in [0.05, 0.1) is 22.2 Å². The van der Waals surface area contributed by atoms with Crippen LogP contribution in [0.5, 0.6) is 5.75 Å². The van der Waals surface area contributed by atoms with Crippen molar-refractivity contribution in [1.82, 2.24) is 19.8 Å². The first-order valence-corrected chi connectivity index (χ1v) is 11.5. The van der Waals surface area contributed by atoms with E-state index in [1.165, 1.54) is 22.8 Å². The fourth-order valence-electron chi connectivity index (χ4n) is 4.40. The lowest BCUT2D eigenvalue weighted by atomic mass is 10.0. The second-order valence-corrected chi connectivity index (χ2v) is 8.82. The Morgan fingerprint density at radius 1 is 1.17 bits per heavy atom. The van der Waals surface area contributed by atoms with E-state index in [0.717, 1.165) is 37.7 Å². The van der Waals surface area contributed by atoms with Crippen molar-refractivity contribution in [3.63, 3.8) is 0 Å². The summed E-state index contributed by atoms with van der Waals surface area (Å²) in [4.78, 5) is 29.4. The lowest BCUT2D eigenvalue weighted by Gasteiger charge is -2.32. The van der Waals surface area contributed by atoms with Crippen molar-refractivity contribution < 1.29 is 22.8 Å². The van der Waals surface area contributed by atoms with Crippen LogP contribution in [0.1, 0.15) is 24.0 Å². The van der Waals surface area contributed by atoms with E-state index in [1.54, 1.807) is 19.1 Å². The van der Waals surface area contributed by atoms with Crippen LogP contribution in [0.2, 0.25) is 0 Å². The van der Waals surface area contributed by atoms with E-state index in [4.69, 9.17) is 0 Å². The van der Waals surface area contributed by atoms with Crippen molar-refractivity contribution in [1.29, 1.82) is 0 Å². The molecule has 2 heterocycles. The van der Waals surface area contributed by atoms with Gasteiger partial charge in [0.25, 0.3) is 11.2 Å². The number of hydrogen-bond donors (Lipinski definition) is 1. The van der Waals surface area contributed by atoms with Crippen molar-refractivity contribution in [3.8, 4) is 5.75 Å². The van der Waals surface area contributed by atoms with Gasteiger partial charge in [0.15, 0.2) is 0 Å². The Labute approximate surface area is 204 Å². The number of nitro benzene ring substituents is 1. The molecule has 1 fully saturated rings. The largest absolute Gasteiger partial charge is 0.573 e. The van der Waals surface area contributed by atoms with Crippen molar-refractivity contribution in [3.05, 3.63) is 74.2 Å². The molecule has 0 amide bonds. The first-order valence-electron chi connectivity index (χ1n) is 11.5. The quantitative estimate of drug-likeness (QED) is 0.367. The van der Waals surface area contributed by atoms with Gasteiger partial charge in [-0.1, -0.05) is 12.1 Å². The smallest absolute Gasteiger partial charge is 0.406 e. The first-order chi connectivity index (χ1) is 17.1. The molecule has 36 heavy (non-hydrogen) atoms. The number of piperidine rings is 1. The van der Waals surface area contributed by atoms with Gasteiger partial charge in [-0.2, -0.15) is 0 Å².